The molecular formula is C23H20N4O6S. The Morgan fingerprint density at radius 1 is 1.24 bits per heavy atom. The fourth-order valence-electron chi connectivity index (χ4n) is 3.92. The van der Waals surface area contributed by atoms with Gasteiger partial charge in [-0.05, 0) is 43.7 Å². The highest BCUT2D eigenvalue weighted by molar-refractivity contribution is 7.20. The standard InChI is InChI=1S/C23H20N4O6S/c1-3-31-23(30)20-13(2)19-21(34-20)24-12-26(22(19)29)11-18(28)27-15(17-7-5-9-33-17)10-14(25-27)16-6-4-8-32-16/h4-9,12,15H,3,10-11H2,1-2H3. The molecule has 34 heavy (non-hydrogen) atoms. The third-order valence-corrected chi connectivity index (χ3v) is 6.71. The summed E-state index contributed by atoms with van der Waals surface area (Å²) in [5.74, 6) is 0.229. The largest absolute Gasteiger partial charge is 0.467 e. The number of aryl methyl sites for hydroxylation is 1. The Morgan fingerprint density at radius 2 is 2.03 bits per heavy atom. The van der Waals surface area contributed by atoms with Crippen LogP contribution in [0.15, 0.2) is 61.8 Å². The Labute approximate surface area is 197 Å². The summed E-state index contributed by atoms with van der Waals surface area (Å²) in [7, 11) is 0. The fraction of sp³-hybridized carbons (Fsp3) is 0.261. The molecule has 0 aromatic carbocycles. The SMILES string of the molecule is CCOC(=O)c1sc2ncn(CC(=O)N3N=C(c4ccco4)CC3c3ccco3)c(=O)c2c1C. The van der Waals surface area contributed by atoms with E-state index in [1.807, 2.05) is 0 Å². The number of thiophene rings is 1. The molecule has 0 saturated carbocycles. The van der Waals surface area contributed by atoms with Crippen molar-refractivity contribution in [3.8, 4) is 0 Å². The molecule has 1 aliphatic heterocycles. The number of carbonyl (C=O) groups excluding carboxylic acids is 2. The summed E-state index contributed by atoms with van der Waals surface area (Å²) < 4.78 is 17.3. The van der Waals surface area contributed by atoms with E-state index in [2.05, 4.69) is 10.1 Å². The van der Waals surface area contributed by atoms with Gasteiger partial charge in [0.2, 0.25) is 0 Å². The summed E-state index contributed by atoms with van der Waals surface area (Å²) in [5.41, 5.74) is 0.686. The van der Waals surface area contributed by atoms with Crippen molar-refractivity contribution in [2.24, 2.45) is 5.10 Å². The number of furan rings is 2. The van der Waals surface area contributed by atoms with E-state index >= 15 is 0 Å². The van der Waals surface area contributed by atoms with Crippen molar-refractivity contribution in [2.45, 2.75) is 32.9 Å². The quantitative estimate of drug-likeness (QED) is 0.387. The van der Waals surface area contributed by atoms with Crippen LogP contribution < -0.4 is 5.56 Å². The molecule has 1 atom stereocenters. The lowest BCUT2D eigenvalue weighted by molar-refractivity contribution is -0.134. The van der Waals surface area contributed by atoms with E-state index in [1.54, 1.807) is 44.4 Å². The number of hydrogen-bond donors (Lipinski definition) is 0. The van der Waals surface area contributed by atoms with Crippen molar-refractivity contribution in [2.75, 3.05) is 6.61 Å². The van der Waals surface area contributed by atoms with E-state index in [0.717, 1.165) is 11.3 Å². The second-order valence-corrected chi connectivity index (χ2v) is 8.63. The summed E-state index contributed by atoms with van der Waals surface area (Å²) in [5, 5.41) is 6.09. The molecule has 0 spiro atoms. The molecule has 0 fully saturated rings. The molecule has 1 amide bonds. The Balaban J connectivity index is 1.47. The maximum Gasteiger partial charge on any atom is 0.348 e. The summed E-state index contributed by atoms with van der Waals surface area (Å²) in [6, 6.07) is 6.57. The van der Waals surface area contributed by atoms with Crippen LogP contribution in [-0.4, -0.2) is 38.8 Å². The first-order valence-electron chi connectivity index (χ1n) is 10.6. The number of aromatic nitrogens is 2. The second-order valence-electron chi connectivity index (χ2n) is 7.63. The first kappa shape index (κ1) is 21.8. The van der Waals surface area contributed by atoms with E-state index in [9.17, 15) is 14.4 Å². The van der Waals surface area contributed by atoms with Gasteiger partial charge in [-0.15, -0.1) is 11.3 Å². The number of carbonyl (C=O) groups is 2. The Kier molecular flexibility index (Phi) is 5.62. The molecule has 0 aliphatic carbocycles. The highest BCUT2D eigenvalue weighted by atomic mass is 32.1. The van der Waals surface area contributed by atoms with Crippen molar-refractivity contribution < 1.29 is 23.2 Å². The van der Waals surface area contributed by atoms with Gasteiger partial charge >= 0.3 is 5.97 Å². The average Bonchev–Trinajstić information content (AvgIpc) is 3.61. The summed E-state index contributed by atoms with van der Waals surface area (Å²) in [6.45, 7) is 3.34. The lowest BCUT2D eigenvalue weighted by Gasteiger charge is -2.20. The molecule has 174 valence electrons. The number of ether oxygens (including phenoxy) is 1. The van der Waals surface area contributed by atoms with Crippen molar-refractivity contribution in [3.05, 3.63) is 75.4 Å². The first-order chi connectivity index (χ1) is 16.5. The van der Waals surface area contributed by atoms with Crippen LogP contribution in [0.3, 0.4) is 0 Å². The number of hydrazone groups is 1. The molecular weight excluding hydrogens is 460 g/mol. The Hall–Kier alpha value is -3.99. The topological polar surface area (TPSA) is 120 Å². The molecule has 0 bridgehead atoms. The highest BCUT2D eigenvalue weighted by Gasteiger charge is 2.36. The molecule has 4 aromatic heterocycles. The van der Waals surface area contributed by atoms with Crippen LogP contribution in [-0.2, 0) is 16.1 Å². The monoisotopic (exact) mass is 480 g/mol. The first-order valence-corrected chi connectivity index (χ1v) is 11.4. The zero-order valence-electron chi connectivity index (χ0n) is 18.4. The molecule has 0 saturated heterocycles. The summed E-state index contributed by atoms with van der Waals surface area (Å²) in [4.78, 5) is 43.8. The van der Waals surface area contributed by atoms with Gasteiger partial charge in [-0.2, -0.15) is 5.10 Å². The number of nitrogens with zero attached hydrogens (tertiary/aromatic N) is 4. The molecule has 1 unspecified atom stereocenters. The molecule has 11 heteroatoms. The minimum Gasteiger partial charge on any atom is -0.467 e. The maximum absolute atomic E-state index is 13.3. The van der Waals surface area contributed by atoms with Crippen LogP contribution in [0, 0.1) is 6.92 Å². The molecule has 10 nitrogen and oxygen atoms in total. The van der Waals surface area contributed by atoms with Crippen LogP contribution in [0.25, 0.3) is 10.2 Å². The smallest absolute Gasteiger partial charge is 0.348 e. The lowest BCUT2D eigenvalue weighted by atomic mass is 10.1. The van der Waals surface area contributed by atoms with Gasteiger partial charge in [0.05, 0.1) is 30.8 Å². The minimum atomic E-state index is -0.497. The van der Waals surface area contributed by atoms with E-state index in [0.29, 0.717) is 44.3 Å². The van der Waals surface area contributed by atoms with Crippen molar-refractivity contribution in [1.82, 2.24) is 14.6 Å². The van der Waals surface area contributed by atoms with Gasteiger partial charge in [0.25, 0.3) is 11.5 Å². The number of esters is 1. The van der Waals surface area contributed by atoms with E-state index < -0.39 is 23.5 Å². The minimum absolute atomic E-state index is 0.228. The van der Waals surface area contributed by atoms with Gasteiger partial charge in [0.15, 0.2) is 0 Å². The van der Waals surface area contributed by atoms with Crippen LogP contribution in [0.4, 0.5) is 0 Å². The van der Waals surface area contributed by atoms with Gasteiger partial charge in [-0.25, -0.2) is 14.8 Å². The van der Waals surface area contributed by atoms with E-state index in [4.69, 9.17) is 13.6 Å². The van der Waals surface area contributed by atoms with Gasteiger partial charge < -0.3 is 13.6 Å². The number of hydrogen-bond acceptors (Lipinski definition) is 9. The normalized spacial score (nSPS) is 15.6. The van der Waals surface area contributed by atoms with E-state index in [-0.39, 0.29) is 13.2 Å². The average molecular weight is 481 g/mol. The van der Waals surface area contributed by atoms with Crippen molar-refractivity contribution >= 4 is 39.1 Å². The van der Waals surface area contributed by atoms with Crippen LogP contribution in [0.1, 0.15) is 46.1 Å². The fourth-order valence-corrected chi connectivity index (χ4v) is 4.95. The number of rotatable bonds is 6. The molecule has 5 rings (SSSR count). The Bertz CT molecular complexity index is 1450. The van der Waals surface area contributed by atoms with Gasteiger partial charge in [-0.1, -0.05) is 0 Å². The lowest BCUT2D eigenvalue weighted by Crippen LogP contribution is -2.34. The number of fused-ring (bicyclic) bond motifs is 1. The third-order valence-electron chi connectivity index (χ3n) is 5.53. The van der Waals surface area contributed by atoms with Crippen LogP contribution in [0.5, 0.6) is 0 Å². The van der Waals surface area contributed by atoms with Crippen molar-refractivity contribution in [1.29, 1.82) is 0 Å². The van der Waals surface area contributed by atoms with Gasteiger partial charge in [0.1, 0.15) is 39.5 Å². The summed E-state index contributed by atoms with van der Waals surface area (Å²) in [6.07, 6.45) is 4.79. The summed E-state index contributed by atoms with van der Waals surface area (Å²) >= 11 is 1.10. The van der Waals surface area contributed by atoms with Crippen molar-refractivity contribution in [3.63, 3.8) is 0 Å². The maximum atomic E-state index is 13.3. The zero-order chi connectivity index (χ0) is 23.8. The molecule has 1 aliphatic rings. The van der Waals surface area contributed by atoms with Gasteiger partial charge in [0, 0.05) is 6.42 Å². The van der Waals surface area contributed by atoms with Crippen LogP contribution in [0.2, 0.25) is 0 Å². The van der Waals surface area contributed by atoms with E-state index in [1.165, 1.54) is 22.2 Å². The van der Waals surface area contributed by atoms with Crippen LogP contribution >= 0.6 is 11.3 Å². The molecule has 0 N–H and O–H groups in total. The molecule has 0 radical (unpaired) electrons. The number of amides is 1. The highest BCUT2D eigenvalue weighted by Crippen LogP contribution is 2.33. The Morgan fingerprint density at radius 3 is 2.74 bits per heavy atom. The zero-order valence-corrected chi connectivity index (χ0v) is 19.2. The molecule has 4 aromatic rings. The second kappa shape index (κ2) is 8.75. The predicted octanol–water partition coefficient (Wildman–Crippen LogP) is 3.51. The third kappa shape index (κ3) is 3.73. The van der Waals surface area contributed by atoms with Gasteiger partial charge in [-0.3, -0.25) is 14.2 Å². The predicted molar refractivity (Wildman–Crippen MR) is 123 cm³/mol. The molecule has 5 heterocycles.